The first kappa shape index (κ1) is 16.3. The van der Waals surface area contributed by atoms with Crippen molar-refractivity contribution in [3.05, 3.63) is 78.4 Å². The lowest BCUT2D eigenvalue weighted by Crippen LogP contribution is -2.12. The predicted octanol–water partition coefficient (Wildman–Crippen LogP) is 5.22. The smallest absolute Gasteiger partial charge is 0.255 e. The zero-order valence-electron chi connectivity index (χ0n) is 14.1. The van der Waals surface area contributed by atoms with Crippen LogP contribution in [0.25, 0.3) is 20.8 Å². The molecule has 4 rings (SSSR count). The molecular formula is C21H16N2O2S. The largest absolute Gasteiger partial charge is 0.497 e. The Hall–Kier alpha value is -3.18. The van der Waals surface area contributed by atoms with Gasteiger partial charge in [0.15, 0.2) is 0 Å². The fraction of sp³-hybridized carbons (Fsp3) is 0.0476. The van der Waals surface area contributed by atoms with Crippen LogP contribution in [-0.4, -0.2) is 18.0 Å². The van der Waals surface area contributed by atoms with E-state index in [9.17, 15) is 4.79 Å². The third-order valence-corrected chi connectivity index (χ3v) is 5.12. The maximum atomic E-state index is 12.6. The van der Waals surface area contributed by atoms with Gasteiger partial charge in [-0.05, 0) is 48.5 Å². The van der Waals surface area contributed by atoms with Gasteiger partial charge in [0.05, 0.1) is 23.0 Å². The Bertz CT molecular complexity index is 1040. The second-order valence-electron chi connectivity index (χ2n) is 5.71. The summed E-state index contributed by atoms with van der Waals surface area (Å²) in [6.07, 6.45) is 0. The number of methoxy groups -OCH3 is 1. The number of fused-ring (bicyclic) bond motifs is 1. The topological polar surface area (TPSA) is 51.2 Å². The van der Waals surface area contributed by atoms with Crippen molar-refractivity contribution in [1.82, 2.24) is 4.98 Å². The molecule has 0 aliphatic rings. The molecule has 0 aliphatic heterocycles. The number of benzene rings is 3. The molecule has 4 nitrogen and oxygen atoms in total. The average Bonchev–Trinajstić information content (AvgIpc) is 3.12. The minimum atomic E-state index is -0.166. The number of para-hydroxylation sites is 2. The molecule has 3 aromatic carbocycles. The van der Waals surface area contributed by atoms with Crippen LogP contribution in [0.3, 0.4) is 0 Å². The summed E-state index contributed by atoms with van der Waals surface area (Å²) < 4.78 is 6.26. The van der Waals surface area contributed by atoms with E-state index in [1.807, 2.05) is 42.5 Å². The molecule has 0 radical (unpaired) electrons. The molecule has 4 aromatic rings. The molecule has 26 heavy (non-hydrogen) atoms. The summed E-state index contributed by atoms with van der Waals surface area (Å²) in [5, 5.41) is 3.88. The van der Waals surface area contributed by atoms with E-state index in [4.69, 9.17) is 9.72 Å². The standard InChI is InChI=1S/C21H16N2O2S/c1-25-15-12-10-14(11-13-15)20(24)22-17-7-3-2-6-16(17)21-23-18-8-4-5-9-19(18)26-21/h2-13H,1H3,(H,22,24). The van der Waals surface area contributed by atoms with E-state index in [2.05, 4.69) is 11.4 Å². The second-order valence-corrected chi connectivity index (χ2v) is 6.75. The third kappa shape index (κ3) is 3.17. The molecule has 0 saturated carbocycles. The van der Waals surface area contributed by atoms with Gasteiger partial charge in [-0.2, -0.15) is 0 Å². The van der Waals surface area contributed by atoms with E-state index in [-0.39, 0.29) is 5.91 Å². The Morgan fingerprint density at radius 2 is 1.69 bits per heavy atom. The number of thiazole rings is 1. The number of rotatable bonds is 4. The van der Waals surface area contributed by atoms with Crippen LogP contribution in [0.15, 0.2) is 72.8 Å². The Kier molecular flexibility index (Phi) is 4.37. The summed E-state index contributed by atoms with van der Waals surface area (Å²) in [4.78, 5) is 17.3. The van der Waals surface area contributed by atoms with Crippen LogP contribution >= 0.6 is 11.3 Å². The van der Waals surface area contributed by atoms with Crippen molar-refractivity contribution < 1.29 is 9.53 Å². The zero-order chi connectivity index (χ0) is 17.9. The van der Waals surface area contributed by atoms with Crippen LogP contribution in [0, 0.1) is 0 Å². The van der Waals surface area contributed by atoms with Gasteiger partial charge in [0.1, 0.15) is 10.8 Å². The van der Waals surface area contributed by atoms with Crippen molar-refractivity contribution in [3.63, 3.8) is 0 Å². The first-order valence-electron chi connectivity index (χ1n) is 8.15. The van der Waals surface area contributed by atoms with E-state index >= 15 is 0 Å². The molecule has 0 saturated heterocycles. The summed E-state index contributed by atoms with van der Waals surface area (Å²) in [6, 6.07) is 22.8. The summed E-state index contributed by atoms with van der Waals surface area (Å²) in [7, 11) is 1.60. The molecule has 1 N–H and O–H groups in total. The molecule has 0 unspecified atom stereocenters. The van der Waals surface area contributed by atoms with Crippen molar-refractivity contribution in [2.45, 2.75) is 0 Å². The van der Waals surface area contributed by atoms with E-state index in [1.165, 1.54) is 0 Å². The van der Waals surface area contributed by atoms with Crippen LogP contribution in [0.1, 0.15) is 10.4 Å². The van der Waals surface area contributed by atoms with Crippen LogP contribution in [0.2, 0.25) is 0 Å². The van der Waals surface area contributed by atoms with Gasteiger partial charge in [-0.15, -0.1) is 11.3 Å². The van der Waals surface area contributed by atoms with Crippen molar-refractivity contribution in [1.29, 1.82) is 0 Å². The van der Waals surface area contributed by atoms with Crippen LogP contribution in [0.5, 0.6) is 5.75 Å². The van der Waals surface area contributed by atoms with Gasteiger partial charge in [0.2, 0.25) is 0 Å². The Morgan fingerprint density at radius 3 is 2.46 bits per heavy atom. The summed E-state index contributed by atoms with van der Waals surface area (Å²) >= 11 is 1.61. The van der Waals surface area contributed by atoms with Gasteiger partial charge >= 0.3 is 0 Å². The zero-order valence-corrected chi connectivity index (χ0v) is 14.9. The number of nitrogens with one attached hydrogen (secondary N) is 1. The van der Waals surface area contributed by atoms with Gasteiger partial charge in [0, 0.05) is 11.1 Å². The molecule has 0 spiro atoms. The van der Waals surface area contributed by atoms with Crippen molar-refractivity contribution in [2.75, 3.05) is 12.4 Å². The molecule has 128 valence electrons. The fourth-order valence-electron chi connectivity index (χ4n) is 2.70. The summed E-state index contributed by atoms with van der Waals surface area (Å²) in [6.45, 7) is 0. The molecule has 0 bridgehead atoms. The highest BCUT2D eigenvalue weighted by atomic mass is 32.1. The number of ether oxygens (including phenoxy) is 1. The molecule has 0 atom stereocenters. The van der Waals surface area contributed by atoms with E-state index in [0.717, 1.165) is 32.2 Å². The predicted molar refractivity (Wildman–Crippen MR) is 106 cm³/mol. The lowest BCUT2D eigenvalue weighted by atomic mass is 10.1. The van der Waals surface area contributed by atoms with E-state index in [0.29, 0.717) is 5.56 Å². The molecule has 1 aromatic heterocycles. The number of nitrogens with zero attached hydrogens (tertiary/aromatic N) is 1. The average molecular weight is 360 g/mol. The maximum absolute atomic E-state index is 12.6. The van der Waals surface area contributed by atoms with Crippen molar-refractivity contribution in [3.8, 4) is 16.3 Å². The van der Waals surface area contributed by atoms with Gasteiger partial charge in [0.25, 0.3) is 5.91 Å². The van der Waals surface area contributed by atoms with E-state index in [1.54, 1.807) is 42.7 Å². The normalized spacial score (nSPS) is 10.7. The molecule has 1 heterocycles. The highest BCUT2D eigenvalue weighted by Gasteiger charge is 2.13. The van der Waals surface area contributed by atoms with Crippen LogP contribution < -0.4 is 10.1 Å². The highest BCUT2D eigenvalue weighted by Crippen LogP contribution is 2.34. The van der Waals surface area contributed by atoms with Crippen LogP contribution in [-0.2, 0) is 0 Å². The van der Waals surface area contributed by atoms with E-state index < -0.39 is 0 Å². The first-order chi connectivity index (χ1) is 12.7. The number of hydrogen-bond acceptors (Lipinski definition) is 4. The van der Waals surface area contributed by atoms with Gasteiger partial charge in [-0.25, -0.2) is 4.98 Å². The molecule has 1 amide bonds. The highest BCUT2D eigenvalue weighted by molar-refractivity contribution is 7.21. The van der Waals surface area contributed by atoms with Gasteiger partial charge < -0.3 is 10.1 Å². The van der Waals surface area contributed by atoms with Crippen molar-refractivity contribution >= 4 is 33.1 Å². The molecule has 0 aliphatic carbocycles. The van der Waals surface area contributed by atoms with Gasteiger partial charge in [-0.3, -0.25) is 4.79 Å². The summed E-state index contributed by atoms with van der Waals surface area (Å²) in [5.41, 5.74) is 3.19. The molecule has 5 heteroatoms. The first-order valence-corrected chi connectivity index (χ1v) is 8.96. The SMILES string of the molecule is COc1ccc(C(=O)Nc2ccccc2-c2nc3ccccc3s2)cc1. The van der Waals surface area contributed by atoms with Crippen molar-refractivity contribution in [2.24, 2.45) is 0 Å². The minimum Gasteiger partial charge on any atom is -0.497 e. The Balaban J connectivity index is 1.66. The Labute approximate surface area is 155 Å². The number of aromatic nitrogens is 1. The number of amides is 1. The minimum absolute atomic E-state index is 0.166. The number of hydrogen-bond donors (Lipinski definition) is 1. The number of carbonyl (C=O) groups is 1. The van der Waals surface area contributed by atoms with Gasteiger partial charge in [-0.1, -0.05) is 24.3 Å². The van der Waals surface area contributed by atoms with Crippen LogP contribution in [0.4, 0.5) is 5.69 Å². The summed E-state index contributed by atoms with van der Waals surface area (Å²) in [5.74, 6) is 0.553. The number of anilines is 1. The lowest BCUT2D eigenvalue weighted by Gasteiger charge is -2.09. The fourth-order valence-corrected chi connectivity index (χ4v) is 3.71. The molecule has 0 fully saturated rings. The maximum Gasteiger partial charge on any atom is 0.255 e. The Morgan fingerprint density at radius 1 is 0.962 bits per heavy atom. The second kappa shape index (κ2) is 6.98. The third-order valence-electron chi connectivity index (χ3n) is 4.05. The number of carbonyl (C=O) groups excluding carboxylic acids is 1. The molecular weight excluding hydrogens is 344 g/mol. The monoisotopic (exact) mass is 360 g/mol. The lowest BCUT2D eigenvalue weighted by molar-refractivity contribution is 0.102. The quantitative estimate of drug-likeness (QED) is 0.542.